The molecule has 0 aromatic heterocycles. The van der Waals surface area contributed by atoms with Crippen molar-refractivity contribution in [2.45, 2.75) is 39.8 Å². The summed E-state index contributed by atoms with van der Waals surface area (Å²) in [4.78, 5) is 0. The van der Waals surface area contributed by atoms with Crippen molar-refractivity contribution in [3.63, 3.8) is 0 Å². The molecule has 0 radical (unpaired) electrons. The molecule has 0 bridgehead atoms. The van der Waals surface area contributed by atoms with E-state index < -0.39 is 0 Å². The highest BCUT2D eigenvalue weighted by Crippen LogP contribution is 1.84. The van der Waals surface area contributed by atoms with Gasteiger partial charge in [-0.3, -0.25) is 0 Å². The zero-order valence-corrected chi connectivity index (χ0v) is 16.7. The number of hydrogen-bond acceptors (Lipinski definition) is 7. The SMILES string of the molecule is CC(C)NCCOCCOCCOCCOCCOCCNC(C)C. The van der Waals surface area contributed by atoms with Gasteiger partial charge in [0.05, 0.1) is 66.1 Å². The van der Waals surface area contributed by atoms with Crippen molar-refractivity contribution in [1.29, 1.82) is 0 Å². The predicted octanol–water partition coefficient (Wildman–Crippen LogP) is 1.07. The average molecular weight is 365 g/mol. The summed E-state index contributed by atoms with van der Waals surface area (Å²) in [5, 5.41) is 6.59. The summed E-state index contributed by atoms with van der Waals surface area (Å²) in [6.45, 7) is 16.4. The molecule has 0 rings (SSSR count). The molecule has 0 aliphatic rings. The minimum atomic E-state index is 0.500. The Morgan fingerprint density at radius 1 is 0.440 bits per heavy atom. The van der Waals surface area contributed by atoms with Crippen LogP contribution in [0.15, 0.2) is 0 Å². The van der Waals surface area contributed by atoms with E-state index >= 15 is 0 Å². The van der Waals surface area contributed by atoms with Gasteiger partial charge < -0.3 is 34.3 Å². The van der Waals surface area contributed by atoms with Gasteiger partial charge in [-0.2, -0.15) is 0 Å². The van der Waals surface area contributed by atoms with Crippen LogP contribution in [0.25, 0.3) is 0 Å². The van der Waals surface area contributed by atoms with E-state index in [9.17, 15) is 0 Å². The van der Waals surface area contributed by atoms with E-state index in [1.165, 1.54) is 0 Å². The predicted molar refractivity (Wildman–Crippen MR) is 100 cm³/mol. The third kappa shape index (κ3) is 23.7. The molecule has 0 aromatic rings. The van der Waals surface area contributed by atoms with Gasteiger partial charge in [0, 0.05) is 25.2 Å². The lowest BCUT2D eigenvalue weighted by Gasteiger charge is -2.10. The molecule has 0 fully saturated rings. The van der Waals surface area contributed by atoms with E-state index in [2.05, 4.69) is 38.3 Å². The lowest BCUT2D eigenvalue weighted by atomic mass is 10.4. The molecule has 0 aliphatic heterocycles. The van der Waals surface area contributed by atoms with Crippen LogP contribution in [0.1, 0.15) is 27.7 Å². The second-order valence-corrected chi connectivity index (χ2v) is 6.28. The Hall–Kier alpha value is -0.280. The van der Waals surface area contributed by atoms with Gasteiger partial charge in [-0.05, 0) is 0 Å². The first-order valence-electron chi connectivity index (χ1n) is 9.48. The first kappa shape index (κ1) is 24.7. The quantitative estimate of drug-likeness (QED) is 0.313. The summed E-state index contributed by atoms with van der Waals surface area (Å²) >= 11 is 0. The minimum absolute atomic E-state index is 0.500. The smallest absolute Gasteiger partial charge is 0.0701 e. The van der Waals surface area contributed by atoms with Crippen molar-refractivity contribution < 1.29 is 23.7 Å². The first-order valence-corrected chi connectivity index (χ1v) is 9.48. The lowest BCUT2D eigenvalue weighted by Crippen LogP contribution is -2.27. The van der Waals surface area contributed by atoms with Crippen molar-refractivity contribution in [3.05, 3.63) is 0 Å². The summed E-state index contributed by atoms with van der Waals surface area (Å²) in [5.74, 6) is 0. The molecule has 0 amide bonds. The van der Waals surface area contributed by atoms with Crippen LogP contribution in [0.5, 0.6) is 0 Å². The molecule has 0 aromatic carbocycles. The van der Waals surface area contributed by atoms with Crippen molar-refractivity contribution in [2.75, 3.05) is 79.2 Å². The van der Waals surface area contributed by atoms with Gasteiger partial charge >= 0.3 is 0 Å². The third-order valence-corrected chi connectivity index (χ3v) is 3.09. The Balaban J connectivity index is 2.98. The molecule has 0 heterocycles. The highest BCUT2D eigenvalue weighted by molar-refractivity contribution is 4.51. The molecule has 7 heteroatoms. The molecule has 0 unspecified atom stereocenters. The summed E-state index contributed by atoms with van der Waals surface area (Å²) in [6.07, 6.45) is 0. The zero-order chi connectivity index (χ0) is 18.6. The zero-order valence-electron chi connectivity index (χ0n) is 16.7. The maximum absolute atomic E-state index is 5.44. The van der Waals surface area contributed by atoms with Gasteiger partial charge in [0.15, 0.2) is 0 Å². The fourth-order valence-electron chi connectivity index (χ4n) is 1.82. The molecular weight excluding hydrogens is 324 g/mol. The standard InChI is InChI=1S/C18H40N2O5/c1-17(2)19-5-7-21-9-11-23-13-15-25-16-14-24-12-10-22-8-6-20-18(3)4/h17-20H,5-16H2,1-4H3. The number of rotatable bonds is 20. The number of hydrogen-bond donors (Lipinski definition) is 2. The maximum Gasteiger partial charge on any atom is 0.0701 e. The van der Waals surface area contributed by atoms with Gasteiger partial charge in [0.25, 0.3) is 0 Å². The largest absolute Gasteiger partial charge is 0.378 e. The summed E-state index contributed by atoms with van der Waals surface area (Å²) in [7, 11) is 0. The Kier molecular flexibility index (Phi) is 19.8. The molecule has 0 saturated carbocycles. The molecule has 0 spiro atoms. The number of nitrogens with one attached hydrogen (secondary N) is 2. The summed E-state index contributed by atoms with van der Waals surface area (Å²) in [6, 6.07) is 1.00. The number of ether oxygens (including phenoxy) is 5. The molecule has 152 valence electrons. The van der Waals surface area contributed by atoms with Crippen LogP contribution < -0.4 is 10.6 Å². The average Bonchev–Trinajstić information content (AvgIpc) is 2.56. The fourth-order valence-corrected chi connectivity index (χ4v) is 1.82. The van der Waals surface area contributed by atoms with Crippen LogP contribution in [-0.2, 0) is 23.7 Å². The van der Waals surface area contributed by atoms with Crippen molar-refractivity contribution in [2.24, 2.45) is 0 Å². The maximum atomic E-state index is 5.44. The highest BCUT2D eigenvalue weighted by atomic mass is 16.6. The molecule has 0 saturated heterocycles. The molecule has 2 N–H and O–H groups in total. The van der Waals surface area contributed by atoms with Gasteiger partial charge in [-0.25, -0.2) is 0 Å². The van der Waals surface area contributed by atoms with E-state index in [4.69, 9.17) is 23.7 Å². The van der Waals surface area contributed by atoms with Crippen molar-refractivity contribution in [3.8, 4) is 0 Å². The molecule has 0 atom stereocenters. The van der Waals surface area contributed by atoms with Crippen molar-refractivity contribution >= 4 is 0 Å². The normalized spacial score (nSPS) is 11.8. The Morgan fingerprint density at radius 2 is 0.680 bits per heavy atom. The van der Waals surface area contributed by atoms with E-state index in [0.29, 0.717) is 78.2 Å². The van der Waals surface area contributed by atoms with E-state index in [-0.39, 0.29) is 0 Å². The Morgan fingerprint density at radius 3 is 0.920 bits per heavy atom. The van der Waals surface area contributed by atoms with Crippen LogP contribution in [0.2, 0.25) is 0 Å². The second-order valence-electron chi connectivity index (χ2n) is 6.28. The molecule has 25 heavy (non-hydrogen) atoms. The topological polar surface area (TPSA) is 70.2 Å². The van der Waals surface area contributed by atoms with Crippen LogP contribution in [0, 0.1) is 0 Å². The second kappa shape index (κ2) is 20.0. The minimum Gasteiger partial charge on any atom is -0.378 e. The van der Waals surface area contributed by atoms with E-state index in [1.807, 2.05) is 0 Å². The van der Waals surface area contributed by atoms with Crippen LogP contribution in [0.4, 0.5) is 0 Å². The van der Waals surface area contributed by atoms with Crippen LogP contribution >= 0.6 is 0 Å². The molecule has 7 nitrogen and oxygen atoms in total. The Bertz CT molecular complexity index is 232. The monoisotopic (exact) mass is 364 g/mol. The van der Waals surface area contributed by atoms with Gasteiger partial charge in [0.1, 0.15) is 0 Å². The van der Waals surface area contributed by atoms with Gasteiger partial charge in [-0.1, -0.05) is 27.7 Å². The van der Waals surface area contributed by atoms with E-state index in [0.717, 1.165) is 13.1 Å². The fraction of sp³-hybridized carbons (Fsp3) is 1.00. The summed E-state index contributed by atoms with van der Waals surface area (Å²) < 4.78 is 27.1. The Labute approximate surface area is 154 Å². The van der Waals surface area contributed by atoms with Gasteiger partial charge in [-0.15, -0.1) is 0 Å². The summed E-state index contributed by atoms with van der Waals surface area (Å²) in [5.41, 5.74) is 0. The lowest BCUT2D eigenvalue weighted by molar-refractivity contribution is -0.0106. The third-order valence-electron chi connectivity index (χ3n) is 3.09. The van der Waals surface area contributed by atoms with Crippen LogP contribution in [0.3, 0.4) is 0 Å². The van der Waals surface area contributed by atoms with Gasteiger partial charge in [0.2, 0.25) is 0 Å². The molecule has 0 aliphatic carbocycles. The van der Waals surface area contributed by atoms with E-state index in [1.54, 1.807) is 0 Å². The van der Waals surface area contributed by atoms with Crippen molar-refractivity contribution in [1.82, 2.24) is 10.6 Å². The first-order chi connectivity index (χ1) is 12.1. The molecular formula is C18H40N2O5. The highest BCUT2D eigenvalue weighted by Gasteiger charge is 1.95. The van der Waals surface area contributed by atoms with Crippen LogP contribution in [-0.4, -0.2) is 91.2 Å².